The standard InChI is InChI=1S/C10H12FN/c1-2-7-12-8-9-3-5-10(11)6-4-9/h2-6,12H,1,7-8H2. The van der Waals surface area contributed by atoms with Crippen LogP contribution in [0.25, 0.3) is 0 Å². The number of hydrogen-bond acceptors (Lipinski definition) is 1. The van der Waals surface area contributed by atoms with Gasteiger partial charge in [-0.15, -0.1) is 6.58 Å². The van der Waals surface area contributed by atoms with Gasteiger partial charge in [0.1, 0.15) is 5.82 Å². The summed E-state index contributed by atoms with van der Waals surface area (Å²) in [7, 11) is 0. The van der Waals surface area contributed by atoms with E-state index in [9.17, 15) is 4.39 Å². The molecule has 2 heteroatoms. The van der Waals surface area contributed by atoms with Crippen molar-refractivity contribution in [3.8, 4) is 0 Å². The Morgan fingerprint density at radius 3 is 2.58 bits per heavy atom. The Morgan fingerprint density at radius 2 is 2.00 bits per heavy atom. The number of hydrogen-bond donors (Lipinski definition) is 1. The van der Waals surface area contributed by atoms with Gasteiger partial charge >= 0.3 is 0 Å². The molecule has 0 aromatic heterocycles. The average Bonchev–Trinajstić information content (AvgIpc) is 2.09. The van der Waals surface area contributed by atoms with Crippen LogP contribution in [0, 0.1) is 5.82 Å². The van der Waals surface area contributed by atoms with Gasteiger partial charge in [-0.3, -0.25) is 0 Å². The third-order valence-electron chi connectivity index (χ3n) is 1.53. The van der Waals surface area contributed by atoms with Crippen molar-refractivity contribution in [1.82, 2.24) is 5.32 Å². The van der Waals surface area contributed by atoms with E-state index in [-0.39, 0.29) is 5.82 Å². The van der Waals surface area contributed by atoms with Crippen molar-refractivity contribution in [3.05, 3.63) is 48.3 Å². The SMILES string of the molecule is C=CCNCc1ccc(F)cc1. The van der Waals surface area contributed by atoms with Crippen LogP contribution in [-0.4, -0.2) is 6.54 Å². The zero-order chi connectivity index (χ0) is 8.81. The largest absolute Gasteiger partial charge is 0.309 e. The Morgan fingerprint density at radius 1 is 1.33 bits per heavy atom. The molecule has 0 heterocycles. The van der Waals surface area contributed by atoms with Gasteiger partial charge in [-0.25, -0.2) is 4.39 Å². The lowest BCUT2D eigenvalue weighted by atomic mass is 10.2. The highest BCUT2D eigenvalue weighted by atomic mass is 19.1. The topological polar surface area (TPSA) is 12.0 Å². The third kappa shape index (κ3) is 2.84. The fourth-order valence-electron chi connectivity index (χ4n) is 0.921. The van der Waals surface area contributed by atoms with E-state index in [0.717, 1.165) is 18.7 Å². The number of rotatable bonds is 4. The van der Waals surface area contributed by atoms with Crippen LogP contribution in [0.5, 0.6) is 0 Å². The van der Waals surface area contributed by atoms with Crippen molar-refractivity contribution in [2.45, 2.75) is 6.54 Å². The van der Waals surface area contributed by atoms with Crippen LogP contribution in [0.4, 0.5) is 4.39 Å². The van der Waals surface area contributed by atoms with Crippen LogP contribution in [0.3, 0.4) is 0 Å². The lowest BCUT2D eigenvalue weighted by Gasteiger charge is -2.00. The molecule has 1 aromatic carbocycles. The molecule has 0 bridgehead atoms. The van der Waals surface area contributed by atoms with E-state index in [4.69, 9.17) is 0 Å². The minimum Gasteiger partial charge on any atom is -0.309 e. The summed E-state index contributed by atoms with van der Waals surface area (Å²) in [6.07, 6.45) is 1.80. The van der Waals surface area contributed by atoms with Gasteiger partial charge in [-0.1, -0.05) is 18.2 Å². The van der Waals surface area contributed by atoms with E-state index in [2.05, 4.69) is 11.9 Å². The summed E-state index contributed by atoms with van der Waals surface area (Å²) in [6.45, 7) is 5.11. The van der Waals surface area contributed by atoms with Crippen LogP contribution < -0.4 is 5.32 Å². The smallest absolute Gasteiger partial charge is 0.123 e. The van der Waals surface area contributed by atoms with Crippen molar-refractivity contribution in [1.29, 1.82) is 0 Å². The zero-order valence-electron chi connectivity index (χ0n) is 6.89. The van der Waals surface area contributed by atoms with Crippen molar-refractivity contribution >= 4 is 0 Å². The molecule has 0 aliphatic heterocycles. The van der Waals surface area contributed by atoms with E-state index in [1.165, 1.54) is 12.1 Å². The van der Waals surface area contributed by atoms with Gasteiger partial charge in [0.25, 0.3) is 0 Å². The maximum absolute atomic E-state index is 12.4. The van der Waals surface area contributed by atoms with E-state index in [1.807, 2.05) is 0 Å². The molecule has 0 amide bonds. The molecular formula is C10H12FN. The lowest BCUT2D eigenvalue weighted by Crippen LogP contribution is -2.12. The first-order valence-electron chi connectivity index (χ1n) is 3.89. The Labute approximate surface area is 71.9 Å². The fourth-order valence-corrected chi connectivity index (χ4v) is 0.921. The maximum Gasteiger partial charge on any atom is 0.123 e. The molecule has 1 rings (SSSR count). The monoisotopic (exact) mass is 165 g/mol. The highest BCUT2D eigenvalue weighted by Crippen LogP contribution is 2.01. The molecule has 0 atom stereocenters. The van der Waals surface area contributed by atoms with Crippen LogP contribution >= 0.6 is 0 Å². The first kappa shape index (κ1) is 8.94. The van der Waals surface area contributed by atoms with Gasteiger partial charge in [-0.05, 0) is 17.7 Å². The Kier molecular flexibility index (Phi) is 3.48. The molecule has 0 aliphatic carbocycles. The summed E-state index contributed by atoms with van der Waals surface area (Å²) in [5.41, 5.74) is 1.08. The van der Waals surface area contributed by atoms with Gasteiger partial charge in [0.05, 0.1) is 0 Å². The Balaban J connectivity index is 2.42. The quantitative estimate of drug-likeness (QED) is 0.532. The van der Waals surface area contributed by atoms with Crippen molar-refractivity contribution < 1.29 is 4.39 Å². The zero-order valence-corrected chi connectivity index (χ0v) is 6.89. The predicted molar refractivity (Wildman–Crippen MR) is 48.3 cm³/mol. The maximum atomic E-state index is 12.4. The normalized spacial score (nSPS) is 9.75. The highest BCUT2D eigenvalue weighted by Gasteiger charge is 1.91. The molecule has 1 N–H and O–H groups in total. The van der Waals surface area contributed by atoms with Crippen LogP contribution in [0.1, 0.15) is 5.56 Å². The van der Waals surface area contributed by atoms with Crippen molar-refractivity contribution in [3.63, 3.8) is 0 Å². The van der Waals surface area contributed by atoms with Crippen molar-refractivity contribution in [2.75, 3.05) is 6.54 Å². The number of benzene rings is 1. The molecule has 0 saturated heterocycles. The summed E-state index contributed by atoms with van der Waals surface area (Å²) in [5.74, 6) is -0.192. The minimum absolute atomic E-state index is 0.192. The minimum atomic E-state index is -0.192. The molecular weight excluding hydrogens is 153 g/mol. The first-order valence-corrected chi connectivity index (χ1v) is 3.89. The third-order valence-corrected chi connectivity index (χ3v) is 1.53. The molecule has 1 nitrogen and oxygen atoms in total. The molecule has 64 valence electrons. The first-order chi connectivity index (χ1) is 5.83. The van der Waals surface area contributed by atoms with E-state index >= 15 is 0 Å². The van der Waals surface area contributed by atoms with Crippen molar-refractivity contribution in [2.24, 2.45) is 0 Å². The predicted octanol–water partition coefficient (Wildman–Crippen LogP) is 2.10. The molecule has 0 radical (unpaired) electrons. The molecule has 0 saturated carbocycles. The van der Waals surface area contributed by atoms with E-state index < -0.39 is 0 Å². The highest BCUT2D eigenvalue weighted by molar-refractivity contribution is 5.15. The Hall–Kier alpha value is -1.15. The van der Waals surface area contributed by atoms with Gasteiger partial charge in [0.15, 0.2) is 0 Å². The molecule has 0 spiro atoms. The number of nitrogens with one attached hydrogen (secondary N) is 1. The second kappa shape index (κ2) is 4.67. The average molecular weight is 165 g/mol. The second-order valence-corrected chi connectivity index (χ2v) is 2.55. The molecule has 0 fully saturated rings. The summed E-state index contributed by atoms with van der Waals surface area (Å²) < 4.78 is 12.4. The van der Waals surface area contributed by atoms with Gasteiger partial charge in [0.2, 0.25) is 0 Å². The van der Waals surface area contributed by atoms with Crippen LogP contribution in [-0.2, 0) is 6.54 Å². The van der Waals surface area contributed by atoms with Gasteiger partial charge in [-0.2, -0.15) is 0 Å². The van der Waals surface area contributed by atoms with Gasteiger partial charge < -0.3 is 5.32 Å². The fraction of sp³-hybridized carbons (Fsp3) is 0.200. The lowest BCUT2D eigenvalue weighted by molar-refractivity contribution is 0.626. The molecule has 12 heavy (non-hydrogen) atoms. The molecule has 0 aliphatic rings. The van der Waals surface area contributed by atoms with E-state index in [0.29, 0.717) is 0 Å². The second-order valence-electron chi connectivity index (χ2n) is 2.55. The van der Waals surface area contributed by atoms with Crippen LogP contribution in [0.15, 0.2) is 36.9 Å². The molecule has 0 unspecified atom stereocenters. The summed E-state index contributed by atoms with van der Waals surface area (Å²) in [6, 6.07) is 6.46. The summed E-state index contributed by atoms with van der Waals surface area (Å²) >= 11 is 0. The number of halogens is 1. The summed E-state index contributed by atoms with van der Waals surface area (Å²) in [5, 5.41) is 3.13. The van der Waals surface area contributed by atoms with E-state index in [1.54, 1.807) is 18.2 Å². The summed E-state index contributed by atoms with van der Waals surface area (Å²) in [4.78, 5) is 0. The van der Waals surface area contributed by atoms with Gasteiger partial charge in [0, 0.05) is 13.1 Å². The Bertz CT molecular complexity index is 241. The molecule has 1 aromatic rings. The van der Waals surface area contributed by atoms with Crippen LogP contribution in [0.2, 0.25) is 0 Å².